The first-order valence-corrected chi connectivity index (χ1v) is 18.2. The van der Waals surface area contributed by atoms with Crippen LogP contribution in [0.4, 0.5) is 4.39 Å². The maximum absolute atomic E-state index is 14.3. The molecule has 7 rings (SSSR count). The summed E-state index contributed by atoms with van der Waals surface area (Å²) in [6, 6.07) is 14.6. The fourth-order valence-electron chi connectivity index (χ4n) is 6.81. The standard InChI is InChI=1S/C36H35ClFN5O3S2/c1-19-10-11-46-30-15-25(13-21-12-22(38)6-7-26(21)30)48-17-24-14-23(39-43(24)5)16-47-18-29-32(20(2)42(4)40-29)33-28(37)9-8-27-31(19)35(36(44)45)41(3)34(27)33/h6-9,12-15,19H,10-11,16-18H2,1-5H3,(H,44,45). The Hall–Kier alpha value is -3.93. The van der Waals surface area contributed by atoms with E-state index in [1.54, 1.807) is 41.2 Å². The van der Waals surface area contributed by atoms with Gasteiger partial charge in [-0.1, -0.05) is 24.6 Å². The number of hydrogen-bond donors (Lipinski definition) is 1. The number of aromatic nitrogens is 5. The molecule has 3 aromatic carbocycles. The predicted molar refractivity (Wildman–Crippen MR) is 192 cm³/mol. The maximum atomic E-state index is 14.3. The molecule has 1 N–H and O–H groups in total. The van der Waals surface area contributed by atoms with Gasteiger partial charge in [0.25, 0.3) is 0 Å². The molecule has 0 saturated carbocycles. The summed E-state index contributed by atoms with van der Waals surface area (Å²) in [5.74, 6) is 1.20. The predicted octanol–water partition coefficient (Wildman–Crippen LogP) is 8.88. The number of carboxylic acids is 1. The number of aromatic carboxylic acids is 1. The Balaban J connectivity index is 1.38. The van der Waals surface area contributed by atoms with Gasteiger partial charge in [-0.25, -0.2) is 9.18 Å². The molecule has 8 nitrogen and oxygen atoms in total. The van der Waals surface area contributed by atoms with Crippen LogP contribution in [0.1, 0.15) is 58.1 Å². The van der Waals surface area contributed by atoms with Crippen LogP contribution in [0.2, 0.25) is 5.02 Å². The highest BCUT2D eigenvalue weighted by molar-refractivity contribution is 7.98. The molecular weight excluding hydrogens is 669 g/mol. The molecule has 0 radical (unpaired) electrons. The number of carbonyl (C=O) groups is 1. The van der Waals surface area contributed by atoms with Gasteiger partial charge < -0.3 is 14.4 Å². The van der Waals surface area contributed by atoms with E-state index in [-0.39, 0.29) is 17.4 Å². The first-order valence-electron chi connectivity index (χ1n) is 15.7. The fraction of sp³-hybridized carbons (Fsp3) is 0.306. The molecule has 248 valence electrons. The SMILES string of the molecule is Cc1c2c(nn1C)CSCc1cc(n(C)n1)CSc1cc(c3ccc(F)cc3c1)OCCC(C)c1c(C(=O)O)n(C)c3c-2c(Cl)ccc13. The zero-order chi connectivity index (χ0) is 33.9. The van der Waals surface area contributed by atoms with E-state index >= 15 is 0 Å². The molecule has 0 spiro atoms. The van der Waals surface area contributed by atoms with Gasteiger partial charge in [0.15, 0.2) is 0 Å². The minimum Gasteiger partial charge on any atom is -0.493 e. The zero-order valence-electron chi connectivity index (χ0n) is 27.3. The third-order valence-corrected chi connectivity index (χ3v) is 11.6. The number of hydrogen-bond acceptors (Lipinski definition) is 6. The second-order valence-electron chi connectivity index (χ2n) is 12.3. The molecule has 1 aliphatic heterocycles. The lowest BCUT2D eigenvalue weighted by Crippen LogP contribution is -2.11. The van der Waals surface area contributed by atoms with Crippen LogP contribution in [0.25, 0.3) is 32.8 Å². The van der Waals surface area contributed by atoms with Crippen molar-refractivity contribution in [2.24, 2.45) is 21.1 Å². The molecule has 6 aromatic rings. The van der Waals surface area contributed by atoms with Crippen molar-refractivity contribution < 1.29 is 19.0 Å². The van der Waals surface area contributed by atoms with Gasteiger partial charge in [-0.2, -0.15) is 10.2 Å². The number of carboxylic acid groups (broad SMARTS) is 1. The molecule has 4 heterocycles. The quantitative estimate of drug-likeness (QED) is 0.183. The minimum absolute atomic E-state index is 0.159. The minimum atomic E-state index is -1.00. The Bertz CT molecular complexity index is 2240. The monoisotopic (exact) mass is 703 g/mol. The summed E-state index contributed by atoms with van der Waals surface area (Å²) in [6.45, 7) is 4.39. The lowest BCUT2D eigenvalue weighted by molar-refractivity contribution is 0.0685. The molecule has 3 aromatic heterocycles. The van der Waals surface area contributed by atoms with E-state index in [0.717, 1.165) is 66.0 Å². The van der Waals surface area contributed by atoms with Crippen LogP contribution in [-0.4, -0.2) is 41.8 Å². The summed E-state index contributed by atoms with van der Waals surface area (Å²) in [7, 11) is 5.67. The van der Waals surface area contributed by atoms with E-state index in [2.05, 4.69) is 6.07 Å². The van der Waals surface area contributed by atoms with Crippen LogP contribution >= 0.6 is 35.1 Å². The number of ether oxygens (including phenoxy) is 1. The van der Waals surface area contributed by atoms with Crippen molar-refractivity contribution in [1.82, 2.24) is 24.1 Å². The first-order chi connectivity index (χ1) is 23.0. The summed E-state index contributed by atoms with van der Waals surface area (Å²) in [5, 5.41) is 23.2. The van der Waals surface area contributed by atoms with Crippen molar-refractivity contribution in [1.29, 1.82) is 0 Å². The van der Waals surface area contributed by atoms with Crippen molar-refractivity contribution >= 4 is 62.8 Å². The second-order valence-corrected chi connectivity index (χ2v) is 14.8. The Morgan fingerprint density at radius 3 is 2.58 bits per heavy atom. The summed E-state index contributed by atoms with van der Waals surface area (Å²) in [5.41, 5.74) is 7.33. The molecule has 0 fully saturated rings. The molecule has 1 unspecified atom stereocenters. The highest BCUT2D eigenvalue weighted by Gasteiger charge is 2.29. The zero-order valence-corrected chi connectivity index (χ0v) is 29.7. The van der Waals surface area contributed by atoms with Gasteiger partial charge in [0.2, 0.25) is 0 Å². The van der Waals surface area contributed by atoms with E-state index < -0.39 is 5.97 Å². The summed E-state index contributed by atoms with van der Waals surface area (Å²) >= 11 is 10.4. The van der Waals surface area contributed by atoms with Gasteiger partial charge in [0.05, 0.1) is 28.5 Å². The molecule has 0 saturated heterocycles. The number of aryl methyl sites for hydroxylation is 3. The van der Waals surface area contributed by atoms with Gasteiger partial charge >= 0.3 is 5.97 Å². The van der Waals surface area contributed by atoms with Gasteiger partial charge in [0.1, 0.15) is 17.3 Å². The number of nitrogens with zero attached hydrogens (tertiary/aromatic N) is 5. The largest absolute Gasteiger partial charge is 0.493 e. The summed E-state index contributed by atoms with van der Waals surface area (Å²) in [6.07, 6.45) is 0.559. The first kappa shape index (κ1) is 32.6. The van der Waals surface area contributed by atoms with Crippen molar-refractivity contribution in [2.75, 3.05) is 6.61 Å². The molecular formula is C36H35ClFN5O3S2. The molecule has 48 heavy (non-hydrogen) atoms. The number of fused-ring (bicyclic) bond motifs is 8. The molecule has 1 aliphatic rings. The third-order valence-electron chi connectivity index (χ3n) is 9.26. The molecule has 12 heteroatoms. The van der Waals surface area contributed by atoms with E-state index in [1.807, 2.05) is 61.6 Å². The summed E-state index contributed by atoms with van der Waals surface area (Å²) in [4.78, 5) is 13.8. The van der Waals surface area contributed by atoms with Crippen LogP contribution in [0.5, 0.6) is 5.75 Å². The highest BCUT2D eigenvalue weighted by atomic mass is 35.5. The van der Waals surface area contributed by atoms with Crippen molar-refractivity contribution in [3.63, 3.8) is 0 Å². The molecule has 1 atom stereocenters. The molecule has 0 aliphatic carbocycles. The van der Waals surface area contributed by atoms with Gasteiger partial charge in [0, 0.05) is 76.6 Å². The lowest BCUT2D eigenvalue weighted by Gasteiger charge is -2.16. The smallest absolute Gasteiger partial charge is 0.352 e. The van der Waals surface area contributed by atoms with Gasteiger partial charge in [-0.05, 0) is 72.7 Å². The van der Waals surface area contributed by atoms with E-state index in [4.69, 9.17) is 26.5 Å². The van der Waals surface area contributed by atoms with Crippen molar-refractivity contribution in [2.45, 2.75) is 48.3 Å². The third kappa shape index (κ3) is 5.75. The van der Waals surface area contributed by atoms with Gasteiger partial charge in [-0.15, -0.1) is 23.5 Å². The maximum Gasteiger partial charge on any atom is 0.352 e. The topological polar surface area (TPSA) is 87.1 Å². The second kappa shape index (κ2) is 12.8. The Morgan fingerprint density at radius 1 is 1.00 bits per heavy atom. The number of benzene rings is 3. The lowest BCUT2D eigenvalue weighted by atomic mass is 9.93. The average Bonchev–Trinajstić information content (AvgIpc) is 3.65. The number of halogens is 2. The summed E-state index contributed by atoms with van der Waals surface area (Å²) < 4.78 is 26.3. The van der Waals surface area contributed by atoms with Crippen LogP contribution in [0.15, 0.2) is 53.4 Å². The van der Waals surface area contributed by atoms with Crippen LogP contribution in [0.3, 0.4) is 0 Å². The highest BCUT2D eigenvalue weighted by Crippen LogP contribution is 2.44. The van der Waals surface area contributed by atoms with Crippen LogP contribution in [0, 0.1) is 12.7 Å². The van der Waals surface area contributed by atoms with Crippen molar-refractivity contribution in [3.05, 3.63) is 93.4 Å². The van der Waals surface area contributed by atoms with Crippen molar-refractivity contribution in [3.8, 4) is 16.9 Å². The van der Waals surface area contributed by atoms with Crippen LogP contribution in [-0.2, 0) is 38.4 Å². The average molecular weight is 704 g/mol. The Morgan fingerprint density at radius 2 is 1.79 bits per heavy atom. The molecule has 8 bridgehead atoms. The molecule has 0 amide bonds. The van der Waals surface area contributed by atoms with Crippen LogP contribution < -0.4 is 4.74 Å². The Kier molecular flexibility index (Phi) is 8.72. The number of thioether (sulfide) groups is 2. The van der Waals surface area contributed by atoms with E-state index in [9.17, 15) is 14.3 Å². The Labute approximate surface area is 291 Å². The van der Waals surface area contributed by atoms with E-state index in [0.29, 0.717) is 41.1 Å². The van der Waals surface area contributed by atoms with Gasteiger partial charge in [-0.3, -0.25) is 9.36 Å². The van der Waals surface area contributed by atoms with E-state index in [1.165, 1.54) is 12.1 Å². The normalized spacial score (nSPS) is 15.8. The fourth-order valence-corrected chi connectivity index (χ4v) is 8.89. The number of rotatable bonds is 1.